The number of benzene rings is 1. The van der Waals surface area contributed by atoms with Crippen molar-refractivity contribution >= 4 is 22.5 Å². The highest BCUT2D eigenvalue weighted by Gasteiger charge is 2.05. The monoisotopic (exact) mass is 206 g/mol. The first-order valence-electron chi connectivity index (χ1n) is 4.37. The maximum absolute atomic E-state index is 5.87. The van der Waals surface area contributed by atoms with Gasteiger partial charge in [-0.1, -0.05) is 23.7 Å². The summed E-state index contributed by atoms with van der Waals surface area (Å²) in [5.74, 6) is 0. The fourth-order valence-electron chi connectivity index (χ4n) is 1.43. The largest absolute Gasteiger partial charge is 0.357 e. The van der Waals surface area contributed by atoms with Gasteiger partial charge in [0, 0.05) is 16.2 Å². The summed E-state index contributed by atoms with van der Waals surface area (Å²) in [5.41, 5.74) is 7.77. The lowest BCUT2D eigenvalue weighted by Crippen LogP contribution is -2.06. The molecule has 2 rings (SSSR count). The highest BCUT2D eigenvalue weighted by Crippen LogP contribution is 2.22. The number of fused-ring (bicyclic) bond motifs is 1. The van der Waals surface area contributed by atoms with E-state index in [4.69, 9.17) is 17.3 Å². The first-order valence-corrected chi connectivity index (χ1v) is 4.75. The van der Waals surface area contributed by atoms with Crippen LogP contribution in [-0.4, -0.2) is 4.98 Å². The number of hydrogen-bond acceptors (Lipinski definition) is 1. The molecule has 72 valence electrons. The molecule has 2 aromatic rings. The summed E-state index contributed by atoms with van der Waals surface area (Å²) >= 11 is 5.87. The number of halogens is 1. The van der Waals surface area contributed by atoms with Gasteiger partial charge in [-0.25, -0.2) is 0 Å². The van der Waals surface area contributed by atoms with Crippen LogP contribution in [0, 0.1) is 0 Å². The molecule has 3 N–H and O–H groups in total. The maximum Gasteiger partial charge on any atom is 0.0631 e. The van der Waals surface area contributed by atoms with Crippen LogP contribution in [0.3, 0.4) is 0 Å². The topological polar surface area (TPSA) is 41.8 Å². The zero-order valence-corrected chi connectivity index (χ0v) is 8.38. The molecule has 0 saturated carbocycles. The van der Waals surface area contributed by atoms with Gasteiger partial charge in [0.2, 0.25) is 0 Å². The molecule has 0 fully saturated rings. The van der Waals surface area contributed by atoms with Crippen LogP contribution >= 0.6 is 11.6 Å². The number of nitrogens with two attached hydrogens (primary N) is 1. The molecule has 1 unspecified atom stereocenters. The fraction of sp³-hybridized carbons (Fsp3) is 0.0909. The first kappa shape index (κ1) is 9.31. The van der Waals surface area contributed by atoms with E-state index in [0.717, 1.165) is 21.6 Å². The molecule has 1 aromatic carbocycles. The molecule has 0 spiro atoms. The number of hydrogen-bond donors (Lipinski definition) is 2. The van der Waals surface area contributed by atoms with Gasteiger partial charge in [-0.3, -0.25) is 0 Å². The van der Waals surface area contributed by atoms with Crippen molar-refractivity contribution in [3.8, 4) is 0 Å². The Bertz CT molecular complexity index is 473. The number of aromatic amines is 1. The second-order valence-corrected chi connectivity index (χ2v) is 3.65. The van der Waals surface area contributed by atoms with Crippen LogP contribution in [0.4, 0.5) is 0 Å². The van der Waals surface area contributed by atoms with Gasteiger partial charge in [0.05, 0.1) is 6.04 Å². The molecule has 0 amide bonds. The second-order valence-electron chi connectivity index (χ2n) is 3.22. The zero-order chi connectivity index (χ0) is 10.1. The van der Waals surface area contributed by atoms with E-state index >= 15 is 0 Å². The van der Waals surface area contributed by atoms with Gasteiger partial charge in [-0.2, -0.15) is 0 Å². The predicted octanol–water partition coefficient (Wildman–Crippen LogP) is 3.01. The second kappa shape index (κ2) is 3.48. The molecule has 0 aliphatic heterocycles. The standard InChI is InChI=1S/C11H11ClN2/c1-2-9(13)11-5-7-3-4-8(12)6-10(7)14-11/h2-6,9,14H,1,13H2. The van der Waals surface area contributed by atoms with E-state index in [0.29, 0.717) is 0 Å². The van der Waals surface area contributed by atoms with Crippen LogP contribution in [0.5, 0.6) is 0 Å². The molecule has 1 aromatic heterocycles. The molecule has 0 aliphatic carbocycles. The highest BCUT2D eigenvalue weighted by atomic mass is 35.5. The number of rotatable bonds is 2. The summed E-state index contributed by atoms with van der Waals surface area (Å²) in [4.78, 5) is 3.21. The van der Waals surface area contributed by atoms with E-state index in [1.54, 1.807) is 6.08 Å². The Morgan fingerprint density at radius 1 is 1.43 bits per heavy atom. The van der Waals surface area contributed by atoms with Crippen molar-refractivity contribution in [3.63, 3.8) is 0 Å². The lowest BCUT2D eigenvalue weighted by atomic mass is 10.2. The molecule has 1 atom stereocenters. The minimum Gasteiger partial charge on any atom is -0.357 e. The van der Waals surface area contributed by atoms with E-state index in [9.17, 15) is 0 Å². The molecular formula is C11H11ClN2. The number of nitrogens with one attached hydrogen (secondary N) is 1. The Balaban J connectivity index is 2.56. The molecule has 0 saturated heterocycles. The molecule has 14 heavy (non-hydrogen) atoms. The van der Waals surface area contributed by atoms with Crippen LogP contribution in [0.2, 0.25) is 5.02 Å². The number of H-pyrrole nitrogens is 1. The molecule has 0 radical (unpaired) electrons. The Kier molecular flexibility index (Phi) is 2.32. The number of aromatic nitrogens is 1. The van der Waals surface area contributed by atoms with Crippen molar-refractivity contribution in [2.75, 3.05) is 0 Å². The van der Waals surface area contributed by atoms with E-state index in [1.165, 1.54) is 0 Å². The van der Waals surface area contributed by atoms with E-state index in [1.807, 2.05) is 24.3 Å². The SMILES string of the molecule is C=CC(N)c1cc2ccc(Cl)cc2[nH]1. The van der Waals surface area contributed by atoms with Crippen LogP contribution in [-0.2, 0) is 0 Å². The molecule has 0 aliphatic rings. The summed E-state index contributed by atoms with van der Waals surface area (Å²) in [5, 5.41) is 1.83. The van der Waals surface area contributed by atoms with Crippen molar-refractivity contribution in [2.24, 2.45) is 5.73 Å². The Morgan fingerprint density at radius 2 is 2.21 bits per heavy atom. The Morgan fingerprint density at radius 3 is 2.93 bits per heavy atom. The lowest BCUT2D eigenvalue weighted by Gasteiger charge is -2.00. The quantitative estimate of drug-likeness (QED) is 0.729. The van der Waals surface area contributed by atoms with Crippen molar-refractivity contribution < 1.29 is 0 Å². The van der Waals surface area contributed by atoms with Gasteiger partial charge >= 0.3 is 0 Å². The van der Waals surface area contributed by atoms with Crippen LogP contribution in [0.25, 0.3) is 10.9 Å². The highest BCUT2D eigenvalue weighted by molar-refractivity contribution is 6.31. The Labute approximate surface area is 87.4 Å². The van der Waals surface area contributed by atoms with Gasteiger partial charge < -0.3 is 10.7 Å². The average molecular weight is 207 g/mol. The molecule has 3 heteroatoms. The van der Waals surface area contributed by atoms with Gasteiger partial charge in [-0.15, -0.1) is 6.58 Å². The van der Waals surface area contributed by atoms with E-state index < -0.39 is 0 Å². The normalized spacial score (nSPS) is 13.0. The average Bonchev–Trinajstić information content (AvgIpc) is 2.59. The summed E-state index contributed by atoms with van der Waals surface area (Å²) in [6.07, 6.45) is 1.70. The van der Waals surface area contributed by atoms with E-state index in [-0.39, 0.29) is 6.04 Å². The third-order valence-electron chi connectivity index (χ3n) is 2.22. The van der Waals surface area contributed by atoms with Crippen LogP contribution in [0.1, 0.15) is 11.7 Å². The third kappa shape index (κ3) is 1.54. The predicted molar refractivity (Wildman–Crippen MR) is 60.4 cm³/mol. The fourth-order valence-corrected chi connectivity index (χ4v) is 1.60. The zero-order valence-electron chi connectivity index (χ0n) is 7.63. The smallest absolute Gasteiger partial charge is 0.0631 e. The molecular weight excluding hydrogens is 196 g/mol. The van der Waals surface area contributed by atoms with Crippen LogP contribution in [0.15, 0.2) is 36.9 Å². The van der Waals surface area contributed by atoms with Crippen molar-refractivity contribution in [2.45, 2.75) is 6.04 Å². The van der Waals surface area contributed by atoms with Crippen molar-refractivity contribution in [1.29, 1.82) is 0 Å². The van der Waals surface area contributed by atoms with Gasteiger partial charge in [0.1, 0.15) is 0 Å². The summed E-state index contributed by atoms with van der Waals surface area (Å²) in [6, 6.07) is 7.57. The first-order chi connectivity index (χ1) is 6.70. The third-order valence-corrected chi connectivity index (χ3v) is 2.45. The Hall–Kier alpha value is -1.25. The summed E-state index contributed by atoms with van der Waals surface area (Å²) in [6.45, 7) is 3.65. The van der Waals surface area contributed by atoms with Crippen molar-refractivity contribution in [1.82, 2.24) is 4.98 Å². The molecule has 2 nitrogen and oxygen atoms in total. The van der Waals surface area contributed by atoms with Gasteiger partial charge in [0.15, 0.2) is 0 Å². The van der Waals surface area contributed by atoms with E-state index in [2.05, 4.69) is 11.6 Å². The summed E-state index contributed by atoms with van der Waals surface area (Å²) in [7, 11) is 0. The summed E-state index contributed by atoms with van der Waals surface area (Å²) < 4.78 is 0. The molecule has 1 heterocycles. The van der Waals surface area contributed by atoms with Gasteiger partial charge in [0.25, 0.3) is 0 Å². The van der Waals surface area contributed by atoms with Crippen LogP contribution < -0.4 is 5.73 Å². The lowest BCUT2D eigenvalue weighted by molar-refractivity contribution is 0.880. The minimum absolute atomic E-state index is 0.152. The maximum atomic E-state index is 5.87. The molecule has 0 bridgehead atoms. The minimum atomic E-state index is -0.152. The van der Waals surface area contributed by atoms with Gasteiger partial charge in [-0.05, 0) is 23.6 Å². The van der Waals surface area contributed by atoms with Crippen molar-refractivity contribution in [3.05, 3.63) is 47.6 Å².